The normalized spacial score (nSPS) is 31.8. The molecule has 19 heteroatoms. The average molecular weight is 1030 g/mol. The standard InChI is InChI=1S/C55H76N6O13/c1-29(2)28-59-19-17-55(18-20-59)57-41-38-39-46(64)35(8)49-40(38)50(66)54(9,74-49)72-27-16-37(70-10)32(5)48(73-53(69)61-23-21-60(22-24-61)52(68)36-14-25-71-26-15-36)34(7)45(63)33(6)44(62)30(3)12-11-13-31(4)51(67)56-43(47(39)65)42(41)58-55/h11-13,16,27,29-30,32-34,36-37,44-45,48,62-65H,14-15,17-26,28H2,1-10H3,(H,56,67)/b12-11+,27-16+,31-13-/t30-,32+,33+,34+,37-,44-,45+,48+,54-/m0/s1. The first-order chi connectivity index (χ1) is 35.1. The Morgan fingerprint density at radius 1 is 0.865 bits per heavy atom. The van der Waals surface area contributed by atoms with Crippen molar-refractivity contribution in [3.8, 4) is 17.2 Å². The van der Waals surface area contributed by atoms with Crippen molar-refractivity contribution in [1.82, 2.24) is 14.7 Å². The van der Waals surface area contributed by atoms with Crippen LogP contribution in [0.15, 0.2) is 46.1 Å². The summed E-state index contributed by atoms with van der Waals surface area (Å²) in [6, 6.07) is 0. The smallest absolute Gasteiger partial charge is 0.410 e. The molecule has 0 aromatic heterocycles. The molecule has 404 valence electrons. The maximum absolute atomic E-state index is 15.0. The summed E-state index contributed by atoms with van der Waals surface area (Å²) in [6.45, 7) is 20.5. The number of amides is 3. The van der Waals surface area contributed by atoms with Crippen LogP contribution < -0.4 is 20.8 Å². The average Bonchev–Trinajstić information content (AvgIpc) is 3.89. The Kier molecular flexibility index (Phi) is 16.2. The lowest BCUT2D eigenvalue weighted by Gasteiger charge is -2.40. The summed E-state index contributed by atoms with van der Waals surface area (Å²) in [5.74, 6) is -6.41. The number of rotatable bonds is 5. The van der Waals surface area contributed by atoms with Gasteiger partial charge in [0.25, 0.3) is 11.7 Å². The van der Waals surface area contributed by atoms with E-state index in [1.54, 1.807) is 75.6 Å². The third-order valence-electron chi connectivity index (χ3n) is 16.2. The molecule has 0 radical (unpaired) electrons. The van der Waals surface area contributed by atoms with Crippen LogP contribution in [-0.4, -0.2) is 161 Å². The molecule has 7 aliphatic heterocycles. The second kappa shape index (κ2) is 21.9. The van der Waals surface area contributed by atoms with Crippen molar-refractivity contribution in [2.45, 2.75) is 124 Å². The number of hydrogen-bond acceptors (Lipinski definition) is 16. The van der Waals surface area contributed by atoms with Gasteiger partial charge in [0, 0.05) is 132 Å². The molecule has 0 aliphatic carbocycles. The predicted octanol–water partition coefficient (Wildman–Crippen LogP) is 4.89. The number of piperidine rings is 1. The molecule has 3 fully saturated rings. The van der Waals surface area contributed by atoms with Crippen LogP contribution in [0, 0.1) is 42.4 Å². The van der Waals surface area contributed by atoms with E-state index < -0.39 is 83.1 Å². The SMILES string of the molecule is CO[C@H]1/C=C/O[C@@]2(C)Oc3c(C)c(O)c4c(O)c(c5c(c4c3C2=O)=NC2(CCN(CC(C)C)CC2)N=5)NC(=O)/C(C)=C\C=C\[C@H](C)[C@H](O)[C@@H](C)[C@@H](O)[C@@H](C)[C@H](OC(=O)N2CCN(C(=O)C3CCOCC3)CC2)[C@@H]1C. The van der Waals surface area contributed by atoms with Crippen molar-refractivity contribution >= 4 is 40.2 Å². The van der Waals surface area contributed by atoms with Gasteiger partial charge in [-0.1, -0.05) is 59.8 Å². The molecule has 19 nitrogen and oxygen atoms in total. The number of ketones is 1. The molecule has 2 aromatic carbocycles. The van der Waals surface area contributed by atoms with E-state index in [4.69, 9.17) is 33.7 Å². The number of methoxy groups -OCH3 is 1. The summed E-state index contributed by atoms with van der Waals surface area (Å²) in [4.78, 5) is 72.6. The lowest BCUT2D eigenvalue weighted by atomic mass is 9.78. The van der Waals surface area contributed by atoms with Gasteiger partial charge in [-0.2, -0.15) is 0 Å². The van der Waals surface area contributed by atoms with Gasteiger partial charge >= 0.3 is 11.9 Å². The predicted molar refractivity (Wildman–Crippen MR) is 274 cm³/mol. The highest BCUT2D eigenvalue weighted by Crippen LogP contribution is 2.50. The van der Waals surface area contributed by atoms with Gasteiger partial charge in [-0.3, -0.25) is 24.4 Å². The number of phenols is 2. The number of Topliss-reactive ketones (excluding diaryl/α,β-unsaturated/α-hetero) is 1. The number of anilines is 1. The number of hydrogen-bond donors (Lipinski definition) is 5. The number of allylic oxidation sites excluding steroid dienone is 2. The van der Waals surface area contributed by atoms with E-state index in [1.807, 2.05) is 0 Å². The highest BCUT2D eigenvalue weighted by Gasteiger charge is 2.50. The Morgan fingerprint density at radius 3 is 2.16 bits per heavy atom. The fraction of sp³-hybridized carbons (Fsp3) is 0.636. The van der Waals surface area contributed by atoms with Crippen molar-refractivity contribution < 1.29 is 63.3 Å². The van der Waals surface area contributed by atoms with Gasteiger partial charge in [0.05, 0.1) is 40.9 Å². The molecule has 5 N–H and O–H groups in total. The first-order valence-electron chi connectivity index (χ1n) is 26.3. The number of carbonyl (C=O) groups is 4. The zero-order valence-corrected chi connectivity index (χ0v) is 44.6. The maximum Gasteiger partial charge on any atom is 0.410 e. The van der Waals surface area contributed by atoms with Gasteiger partial charge in [0.15, 0.2) is 11.4 Å². The van der Waals surface area contributed by atoms with Crippen molar-refractivity contribution in [1.29, 1.82) is 0 Å². The van der Waals surface area contributed by atoms with Crippen LogP contribution in [0.4, 0.5) is 10.5 Å². The van der Waals surface area contributed by atoms with E-state index in [-0.39, 0.29) is 80.3 Å². The van der Waals surface area contributed by atoms with Crippen LogP contribution in [-0.2, 0) is 28.5 Å². The monoisotopic (exact) mass is 1030 g/mol. The first-order valence-corrected chi connectivity index (χ1v) is 26.3. The van der Waals surface area contributed by atoms with Gasteiger partial charge in [-0.15, -0.1) is 0 Å². The summed E-state index contributed by atoms with van der Waals surface area (Å²) in [5.41, 5.74) is -0.659. The number of fused-ring (bicyclic) bond motifs is 13. The van der Waals surface area contributed by atoms with E-state index in [1.165, 1.54) is 20.3 Å². The van der Waals surface area contributed by atoms with Crippen LogP contribution in [0.3, 0.4) is 0 Å². The minimum absolute atomic E-state index is 0.0187. The number of aliphatic hydroxyl groups excluding tert-OH is 2. The number of piperazine rings is 1. The fourth-order valence-electron chi connectivity index (χ4n) is 11.5. The third kappa shape index (κ3) is 10.5. The van der Waals surface area contributed by atoms with Crippen LogP contribution in [0.5, 0.6) is 17.2 Å². The molecule has 9 atom stereocenters. The van der Waals surface area contributed by atoms with E-state index in [0.717, 1.165) is 6.54 Å². The van der Waals surface area contributed by atoms with Crippen LogP contribution in [0.2, 0.25) is 0 Å². The lowest BCUT2D eigenvalue weighted by Crippen LogP contribution is -2.54. The molecule has 3 amide bonds. The molecule has 74 heavy (non-hydrogen) atoms. The fourth-order valence-corrected chi connectivity index (χ4v) is 11.5. The Bertz CT molecular complexity index is 2720. The highest BCUT2D eigenvalue weighted by molar-refractivity contribution is 6.19. The second-order valence-electron chi connectivity index (χ2n) is 21.9. The third-order valence-corrected chi connectivity index (χ3v) is 16.2. The molecule has 0 saturated carbocycles. The van der Waals surface area contributed by atoms with Crippen LogP contribution in [0.25, 0.3) is 10.8 Å². The molecular weight excluding hydrogens is 953 g/mol. The van der Waals surface area contributed by atoms with Gasteiger partial charge < -0.3 is 64.1 Å². The number of nitrogens with zero attached hydrogens (tertiary/aromatic N) is 5. The van der Waals surface area contributed by atoms with Gasteiger partial charge in [0.2, 0.25) is 5.91 Å². The number of benzene rings is 2. The molecule has 2 aromatic rings. The van der Waals surface area contributed by atoms with Crippen LogP contribution >= 0.6 is 0 Å². The van der Waals surface area contributed by atoms with Crippen molar-refractivity contribution in [3.63, 3.8) is 0 Å². The van der Waals surface area contributed by atoms with Crippen molar-refractivity contribution in [3.05, 3.63) is 58.0 Å². The largest absolute Gasteiger partial charge is 0.507 e. The molecule has 1 spiro atoms. The summed E-state index contributed by atoms with van der Waals surface area (Å²) >= 11 is 0. The minimum atomic E-state index is -2.01. The molecule has 0 unspecified atom stereocenters. The number of aliphatic hydroxyl groups is 2. The molecular formula is C55H76N6O13. The second-order valence-corrected chi connectivity index (χ2v) is 21.9. The van der Waals surface area contributed by atoms with E-state index in [9.17, 15) is 39.6 Å². The van der Waals surface area contributed by atoms with Crippen LogP contribution in [0.1, 0.15) is 97.0 Å². The Labute approximate surface area is 432 Å². The Morgan fingerprint density at radius 2 is 1.51 bits per heavy atom. The summed E-state index contributed by atoms with van der Waals surface area (Å²) in [6.07, 6.45) is 5.34. The summed E-state index contributed by atoms with van der Waals surface area (Å²) in [5, 5.41) is 51.2. The number of aromatic hydroxyl groups is 2. The zero-order valence-electron chi connectivity index (χ0n) is 44.6. The molecule has 3 saturated heterocycles. The molecule has 7 heterocycles. The zero-order chi connectivity index (χ0) is 53.6. The van der Waals surface area contributed by atoms with E-state index in [0.29, 0.717) is 71.0 Å². The van der Waals surface area contributed by atoms with Crippen molar-refractivity contribution in [2.75, 3.05) is 71.5 Å². The molecule has 9 rings (SSSR count). The number of ether oxygens (including phenoxy) is 5. The lowest BCUT2D eigenvalue weighted by molar-refractivity contribution is -0.140. The van der Waals surface area contributed by atoms with Gasteiger partial charge in [0.1, 0.15) is 28.6 Å². The highest BCUT2D eigenvalue weighted by atomic mass is 16.7. The van der Waals surface area contributed by atoms with Crippen molar-refractivity contribution in [2.24, 2.45) is 45.5 Å². The summed E-state index contributed by atoms with van der Waals surface area (Å²) < 4.78 is 30.4. The van der Waals surface area contributed by atoms with Gasteiger partial charge in [-0.25, -0.2) is 4.79 Å². The van der Waals surface area contributed by atoms with Gasteiger partial charge in [-0.05, 0) is 38.7 Å². The topological polar surface area (TPSA) is 242 Å². The maximum atomic E-state index is 15.0. The van der Waals surface area contributed by atoms with E-state index >= 15 is 0 Å². The number of nitrogens with one attached hydrogen (secondary N) is 1. The number of carbonyl (C=O) groups excluding carboxylic acids is 4. The Hall–Kier alpha value is -5.60. The first kappa shape index (κ1) is 54.7. The Balaban J connectivity index is 1.16. The molecule has 7 aliphatic rings. The summed E-state index contributed by atoms with van der Waals surface area (Å²) in [7, 11) is 1.47. The van der Waals surface area contributed by atoms with E-state index in [2.05, 4.69) is 24.1 Å². The minimum Gasteiger partial charge on any atom is -0.507 e. The number of phenolic OH excluding ortho intramolecular Hbond substituents is 2. The number of likely N-dealkylation sites (tertiary alicyclic amines) is 1. The quantitative estimate of drug-likeness (QED) is 0.251. The molecule has 5 bridgehead atoms.